The highest BCUT2D eigenvalue weighted by atomic mass is 16.4. The Morgan fingerprint density at radius 3 is 2.65 bits per heavy atom. The summed E-state index contributed by atoms with van der Waals surface area (Å²) in [6.45, 7) is 5.79. The van der Waals surface area contributed by atoms with Crippen molar-refractivity contribution in [3.63, 3.8) is 0 Å². The van der Waals surface area contributed by atoms with Crippen molar-refractivity contribution in [2.75, 3.05) is 26.2 Å². The molecule has 0 saturated carbocycles. The average Bonchev–Trinajstić information content (AvgIpc) is 3.06. The predicted molar refractivity (Wildman–Crippen MR) is 75.6 cm³/mol. The minimum absolute atomic E-state index is 0.0513. The van der Waals surface area contributed by atoms with Gasteiger partial charge in [0.15, 0.2) is 0 Å². The van der Waals surface area contributed by atoms with Crippen LogP contribution in [0, 0.1) is 0 Å². The van der Waals surface area contributed by atoms with Crippen LogP contribution in [0.3, 0.4) is 0 Å². The molecule has 0 aliphatic carbocycles. The third-order valence-corrected chi connectivity index (χ3v) is 4.27. The van der Waals surface area contributed by atoms with E-state index in [-0.39, 0.29) is 18.5 Å². The molecule has 2 amide bonds. The van der Waals surface area contributed by atoms with Crippen LogP contribution in [-0.2, 0) is 4.79 Å². The van der Waals surface area contributed by atoms with Crippen LogP contribution >= 0.6 is 0 Å². The number of carbonyl (C=O) groups is 2. The van der Waals surface area contributed by atoms with Crippen LogP contribution in [0.15, 0.2) is 0 Å². The highest BCUT2D eigenvalue weighted by Gasteiger charge is 2.31. The van der Waals surface area contributed by atoms with Crippen molar-refractivity contribution < 1.29 is 14.7 Å². The molecule has 2 heterocycles. The largest absolute Gasteiger partial charge is 0.481 e. The van der Waals surface area contributed by atoms with Crippen LogP contribution < -0.4 is 5.32 Å². The molecule has 2 aliphatic heterocycles. The zero-order valence-corrected chi connectivity index (χ0v) is 12.2. The van der Waals surface area contributed by atoms with E-state index in [1.165, 1.54) is 12.8 Å². The Hall–Kier alpha value is -1.30. The monoisotopic (exact) mass is 283 g/mol. The molecular weight excluding hydrogens is 258 g/mol. The molecule has 0 radical (unpaired) electrons. The van der Waals surface area contributed by atoms with Crippen molar-refractivity contribution in [1.82, 2.24) is 15.1 Å². The van der Waals surface area contributed by atoms with Crippen molar-refractivity contribution >= 4 is 12.0 Å². The summed E-state index contributed by atoms with van der Waals surface area (Å²) >= 11 is 0. The fourth-order valence-corrected chi connectivity index (χ4v) is 3.05. The second kappa shape index (κ2) is 6.92. The third kappa shape index (κ3) is 4.10. The van der Waals surface area contributed by atoms with Crippen molar-refractivity contribution in [2.24, 2.45) is 0 Å². The number of aliphatic carboxylic acids is 1. The first-order valence-electron chi connectivity index (χ1n) is 7.57. The lowest BCUT2D eigenvalue weighted by Gasteiger charge is -2.24. The zero-order chi connectivity index (χ0) is 14.5. The summed E-state index contributed by atoms with van der Waals surface area (Å²) in [5.41, 5.74) is 0. The summed E-state index contributed by atoms with van der Waals surface area (Å²) < 4.78 is 0. The maximum absolute atomic E-state index is 12.1. The molecule has 2 rings (SSSR count). The van der Waals surface area contributed by atoms with Gasteiger partial charge in [0.1, 0.15) is 0 Å². The fraction of sp³-hybridized carbons (Fsp3) is 0.857. The summed E-state index contributed by atoms with van der Waals surface area (Å²) in [6, 6.07) is 0.367. The molecule has 6 nitrogen and oxygen atoms in total. The van der Waals surface area contributed by atoms with Gasteiger partial charge in [0.25, 0.3) is 0 Å². The Kier molecular flexibility index (Phi) is 5.23. The van der Waals surface area contributed by atoms with E-state index in [1.807, 2.05) is 11.8 Å². The molecule has 2 saturated heterocycles. The Morgan fingerprint density at radius 2 is 2.00 bits per heavy atom. The zero-order valence-electron chi connectivity index (χ0n) is 12.2. The summed E-state index contributed by atoms with van der Waals surface area (Å²) in [6.07, 6.45) is 4.17. The van der Waals surface area contributed by atoms with Crippen LogP contribution in [0.5, 0.6) is 0 Å². The second-order valence-electron chi connectivity index (χ2n) is 5.91. The highest BCUT2D eigenvalue weighted by molar-refractivity contribution is 5.75. The fourth-order valence-electron chi connectivity index (χ4n) is 3.05. The number of hydrogen-bond acceptors (Lipinski definition) is 3. The summed E-state index contributed by atoms with van der Waals surface area (Å²) in [5, 5.41) is 11.5. The van der Waals surface area contributed by atoms with Gasteiger partial charge in [-0.25, -0.2) is 4.79 Å². The number of carboxylic acid groups (broad SMARTS) is 1. The quantitative estimate of drug-likeness (QED) is 0.793. The summed E-state index contributed by atoms with van der Waals surface area (Å²) in [4.78, 5) is 27.0. The van der Waals surface area contributed by atoms with E-state index >= 15 is 0 Å². The van der Waals surface area contributed by atoms with Gasteiger partial charge in [-0.2, -0.15) is 0 Å². The van der Waals surface area contributed by atoms with E-state index in [9.17, 15) is 9.59 Å². The van der Waals surface area contributed by atoms with E-state index in [4.69, 9.17) is 5.11 Å². The minimum Gasteiger partial charge on any atom is -0.481 e. The van der Waals surface area contributed by atoms with Gasteiger partial charge >= 0.3 is 12.0 Å². The van der Waals surface area contributed by atoms with Gasteiger partial charge in [0.05, 0.1) is 0 Å². The van der Waals surface area contributed by atoms with E-state index in [2.05, 4.69) is 10.2 Å². The lowest BCUT2D eigenvalue weighted by atomic mass is 10.2. The van der Waals surface area contributed by atoms with Gasteiger partial charge in [-0.15, -0.1) is 0 Å². The maximum atomic E-state index is 12.1. The number of urea groups is 1. The number of nitrogens with zero attached hydrogens (tertiary/aromatic N) is 2. The molecule has 0 spiro atoms. The molecule has 0 aromatic rings. The highest BCUT2D eigenvalue weighted by Crippen LogP contribution is 2.20. The SMILES string of the molecule is CC(CCC(=O)O)NC(=O)N1CCC(N2CCCC2)C1. The minimum atomic E-state index is -0.818. The number of likely N-dealkylation sites (tertiary alicyclic amines) is 2. The predicted octanol–water partition coefficient (Wildman–Crippen LogP) is 1.12. The molecule has 2 unspecified atom stereocenters. The standard InChI is InChI=1S/C14H25N3O3/c1-11(4-5-13(18)19)15-14(20)17-9-6-12(10-17)16-7-2-3-8-16/h11-12H,2-10H2,1H3,(H,15,20)(H,18,19). The molecule has 2 N–H and O–H groups in total. The van der Waals surface area contributed by atoms with Gasteiger partial charge < -0.3 is 15.3 Å². The van der Waals surface area contributed by atoms with Gasteiger partial charge in [0, 0.05) is 31.6 Å². The van der Waals surface area contributed by atoms with Crippen LogP contribution in [0.1, 0.15) is 39.0 Å². The first-order chi connectivity index (χ1) is 9.56. The van der Waals surface area contributed by atoms with Crippen LogP contribution in [0.4, 0.5) is 4.79 Å². The van der Waals surface area contributed by atoms with Crippen LogP contribution in [0.2, 0.25) is 0 Å². The molecule has 0 aromatic carbocycles. The first-order valence-corrected chi connectivity index (χ1v) is 7.57. The number of amides is 2. The molecular formula is C14H25N3O3. The number of hydrogen-bond donors (Lipinski definition) is 2. The number of carbonyl (C=O) groups excluding carboxylic acids is 1. The summed E-state index contributed by atoms with van der Waals surface area (Å²) in [7, 11) is 0. The molecule has 2 aliphatic rings. The smallest absolute Gasteiger partial charge is 0.317 e. The Bertz CT molecular complexity index is 356. The van der Waals surface area contributed by atoms with E-state index < -0.39 is 5.97 Å². The number of nitrogens with one attached hydrogen (secondary N) is 1. The van der Waals surface area contributed by atoms with E-state index in [0.717, 1.165) is 32.6 Å². The number of rotatable bonds is 5. The summed E-state index contributed by atoms with van der Waals surface area (Å²) in [5.74, 6) is -0.818. The Morgan fingerprint density at radius 1 is 1.30 bits per heavy atom. The van der Waals surface area contributed by atoms with Crippen molar-refractivity contribution in [2.45, 2.75) is 51.1 Å². The topological polar surface area (TPSA) is 72.9 Å². The van der Waals surface area contributed by atoms with Crippen molar-refractivity contribution in [3.05, 3.63) is 0 Å². The number of carboxylic acids is 1. The normalized spacial score (nSPS) is 24.9. The van der Waals surface area contributed by atoms with Crippen molar-refractivity contribution in [1.29, 1.82) is 0 Å². The van der Waals surface area contributed by atoms with E-state index in [1.54, 1.807) is 0 Å². The van der Waals surface area contributed by atoms with Gasteiger partial charge in [-0.1, -0.05) is 0 Å². The molecule has 20 heavy (non-hydrogen) atoms. The van der Waals surface area contributed by atoms with Gasteiger partial charge in [-0.3, -0.25) is 9.69 Å². The Labute approximate surface area is 120 Å². The molecule has 114 valence electrons. The second-order valence-corrected chi connectivity index (χ2v) is 5.91. The van der Waals surface area contributed by atoms with Crippen LogP contribution in [-0.4, -0.2) is 65.2 Å². The Balaban J connectivity index is 1.72. The molecule has 0 aromatic heterocycles. The van der Waals surface area contributed by atoms with E-state index in [0.29, 0.717) is 12.5 Å². The maximum Gasteiger partial charge on any atom is 0.317 e. The average molecular weight is 283 g/mol. The molecule has 2 fully saturated rings. The first kappa shape index (κ1) is 15.1. The lowest BCUT2D eigenvalue weighted by molar-refractivity contribution is -0.137. The molecule has 2 atom stereocenters. The molecule has 6 heteroatoms. The third-order valence-electron chi connectivity index (χ3n) is 4.27. The van der Waals surface area contributed by atoms with Gasteiger partial charge in [-0.05, 0) is 45.7 Å². The van der Waals surface area contributed by atoms with Crippen LogP contribution in [0.25, 0.3) is 0 Å². The molecule has 0 bridgehead atoms. The van der Waals surface area contributed by atoms with Crippen molar-refractivity contribution in [3.8, 4) is 0 Å². The lowest BCUT2D eigenvalue weighted by Crippen LogP contribution is -2.44. The van der Waals surface area contributed by atoms with Gasteiger partial charge in [0.2, 0.25) is 0 Å².